The van der Waals surface area contributed by atoms with Crippen LogP contribution in [0.4, 0.5) is 0 Å². The standard InChI is InChI=1S/C18H16N2O3S/c1-22-18(21)12-5-2-4-11(8-12)10-23-14-6-3-7-15-13(14)9-16(24-15)17(19)20/h2-9H,10H2,1H3,(H3,19,20). The number of amidine groups is 1. The van der Waals surface area contributed by atoms with Gasteiger partial charge in [-0.25, -0.2) is 4.79 Å². The number of benzene rings is 2. The minimum Gasteiger partial charge on any atom is -0.488 e. The summed E-state index contributed by atoms with van der Waals surface area (Å²) in [5.74, 6) is 0.399. The van der Waals surface area contributed by atoms with Gasteiger partial charge in [0.15, 0.2) is 0 Å². The van der Waals surface area contributed by atoms with E-state index in [1.165, 1.54) is 18.4 Å². The van der Waals surface area contributed by atoms with Gasteiger partial charge in [0.25, 0.3) is 0 Å². The second-order valence-corrected chi connectivity index (χ2v) is 6.26. The predicted octanol–water partition coefficient (Wildman–Crippen LogP) is 3.55. The molecule has 5 nitrogen and oxygen atoms in total. The van der Waals surface area contributed by atoms with E-state index < -0.39 is 0 Å². The van der Waals surface area contributed by atoms with E-state index in [1.54, 1.807) is 18.2 Å². The molecule has 0 saturated heterocycles. The van der Waals surface area contributed by atoms with Gasteiger partial charge in [-0.15, -0.1) is 11.3 Å². The zero-order valence-electron chi connectivity index (χ0n) is 13.0. The van der Waals surface area contributed by atoms with E-state index in [0.717, 1.165) is 21.4 Å². The molecule has 0 spiro atoms. The van der Waals surface area contributed by atoms with Gasteiger partial charge >= 0.3 is 5.97 Å². The van der Waals surface area contributed by atoms with Gasteiger partial charge in [-0.2, -0.15) is 0 Å². The van der Waals surface area contributed by atoms with E-state index >= 15 is 0 Å². The third-order valence-electron chi connectivity index (χ3n) is 3.53. The van der Waals surface area contributed by atoms with E-state index in [1.807, 2.05) is 30.3 Å². The third-order valence-corrected chi connectivity index (χ3v) is 4.66. The van der Waals surface area contributed by atoms with Crippen molar-refractivity contribution >= 4 is 33.2 Å². The van der Waals surface area contributed by atoms with Crippen LogP contribution in [0, 0.1) is 5.41 Å². The normalized spacial score (nSPS) is 10.5. The molecule has 3 aromatic rings. The lowest BCUT2D eigenvalue weighted by Crippen LogP contribution is -2.08. The number of rotatable bonds is 5. The summed E-state index contributed by atoms with van der Waals surface area (Å²) in [6.07, 6.45) is 0. The minimum absolute atomic E-state index is 0.0490. The maximum atomic E-state index is 11.6. The fourth-order valence-corrected chi connectivity index (χ4v) is 3.30. The van der Waals surface area contributed by atoms with Crippen molar-refractivity contribution in [2.24, 2.45) is 5.73 Å². The monoisotopic (exact) mass is 340 g/mol. The lowest BCUT2D eigenvalue weighted by atomic mass is 10.1. The second kappa shape index (κ2) is 6.72. The molecule has 1 aromatic heterocycles. The Morgan fingerprint density at radius 1 is 1.21 bits per heavy atom. The molecule has 0 bridgehead atoms. The molecule has 3 rings (SSSR count). The summed E-state index contributed by atoms with van der Waals surface area (Å²) in [5.41, 5.74) is 6.92. The van der Waals surface area contributed by atoms with Crippen LogP contribution < -0.4 is 10.5 Å². The van der Waals surface area contributed by atoms with Gasteiger partial charge in [-0.3, -0.25) is 5.41 Å². The number of ether oxygens (including phenoxy) is 2. The highest BCUT2D eigenvalue weighted by atomic mass is 32.1. The summed E-state index contributed by atoms with van der Waals surface area (Å²) >= 11 is 1.46. The molecular formula is C18H16N2O3S. The first kappa shape index (κ1) is 16.0. The van der Waals surface area contributed by atoms with Crippen molar-refractivity contribution in [3.63, 3.8) is 0 Å². The zero-order valence-corrected chi connectivity index (χ0v) is 13.9. The molecule has 0 fully saturated rings. The molecule has 1 heterocycles. The molecular weight excluding hydrogens is 324 g/mol. The summed E-state index contributed by atoms with van der Waals surface area (Å²) < 4.78 is 11.7. The van der Waals surface area contributed by atoms with Gasteiger partial charge in [0.05, 0.1) is 17.6 Å². The van der Waals surface area contributed by atoms with E-state index in [4.69, 9.17) is 20.6 Å². The van der Waals surface area contributed by atoms with E-state index in [0.29, 0.717) is 17.0 Å². The first-order valence-electron chi connectivity index (χ1n) is 7.25. The highest BCUT2D eigenvalue weighted by Gasteiger charge is 2.10. The van der Waals surface area contributed by atoms with Crippen molar-refractivity contribution in [3.05, 3.63) is 64.5 Å². The molecule has 2 aromatic carbocycles. The lowest BCUT2D eigenvalue weighted by Gasteiger charge is -2.08. The number of fused-ring (bicyclic) bond motifs is 1. The average Bonchev–Trinajstić information content (AvgIpc) is 3.04. The number of nitrogens with two attached hydrogens (primary N) is 1. The summed E-state index contributed by atoms with van der Waals surface area (Å²) in [6, 6.07) is 14.8. The number of nitrogens with one attached hydrogen (secondary N) is 1. The molecule has 0 amide bonds. The van der Waals surface area contributed by atoms with E-state index in [-0.39, 0.29) is 11.8 Å². The van der Waals surface area contributed by atoms with Crippen LogP contribution in [-0.4, -0.2) is 18.9 Å². The lowest BCUT2D eigenvalue weighted by molar-refractivity contribution is 0.0600. The molecule has 0 radical (unpaired) electrons. The van der Waals surface area contributed by atoms with Crippen LogP contribution >= 0.6 is 11.3 Å². The number of hydrogen-bond donors (Lipinski definition) is 2. The van der Waals surface area contributed by atoms with Crippen LogP contribution in [0.2, 0.25) is 0 Å². The van der Waals surface area contributed by atoms with Crippen LogP contribution in [0.3, 0.4) is 0 Å². The van der Waals surface area contributed by atoms with Crippen molar-refractivity contribution < 1.29 is 14.3 Å². The Morgan fingerprint density at radius 2 is 2.00 bits per heavy atom. The molecule has 0 saturated carbocycles. The average molecular weight is 340 g/mol. The Bertz CT molecular complexity index is 918. The summed E-state index contributed by atoms with van der Waals surface area (Å²) in [4.78, 5) is 12.3. The van der Waals surface area contributed by atoms with Gasteiger partial charge in [0.1, 0.15) is 18.2 Å². The molecule has 0 aliphatic carbocycles. The van der Waals surface area contributed by atoms with Crippen LogP contribution in [-0.2, 0) is 11.3 Å². The number of esters is 1. The molecule has 6 heteroatoms. The number of methoxy groups -OCH3 is 1. The second-order valence-electron chi connectivity index (χ2n) is 5.17. The zero-order chi connectivity index (χ0) is 17.1. The first-order chi connectivity index (χ1) is 11.6. The van der Waals surface area contributed by atoms with Crippen molar-refractivity contribution in [3.8, 4) is 5.75 Å². The van der Waals surface area contributed by atoms with Crippen LogP contribution in [0.15, 0.2) is 48.5 Å². The quantitative estimate of drug-likeness (QED) is 0.422. The SMILES string of the molecule is COC(=O)c1cccc(COc2cccc3sc(C(=N)N)cc23)c1. The third kappa shape index (κ3) is 3.23. The molecule has 0 atom stereocenters. The fourth-order valence-electron chi connectivity index (χ4n) is 2.36. The van der Waals surface area contributed by atoms with Crippen LogP contribution in [0.5, 0.6) is 5.75 Å². The number of carbonyl (C=O) groups is 1. The minimum atomic E-state index is -0.372. The van der Waals surface area contributed by atoms with Gasteiger partial charge in [0.2, 0.25) is 0 Å². The number of thiophene rings is 1. The topological polar surface area (TPSA) is 85.4 Å². The largest absolute Gasteiger partial charge is 0.488 e. The molecule has 3 N–H and O–H groups in total. The summed E-state index contributed by atoms with van der Waals surface area (Å²) in [6.45, 7) is 0.329. The summed E-state index contributed by atoms with van der Waals surface area (Å²) in [5, 5.41) is 8.49. The Labute approximate surface area is 143 Å². The number of nitrogen functional groups attached to an aromatic ring is 1. The number of carbonyl (C=O) groups excluding carboxylic acids is 1. The van der Waals surface area contributed by atoms with Gasteiger partial charge < -0.3 is 15.2 Å². The molecule has 0 aliphatic rings. The summed E-state index contributed by atoms with van der Waals surface area (Å²) in [7, 11) is 1.36. The fraction of sp³-hybridized carbons (Fsp3) is 0.111. The molecule has 24 heavy (non-hydrogen) atoms. The Morgan fingerprint density at radius 3 is 2.75 bits per heavy atom. The Kier molecular flexibility index (Phi) is 4.48. The van der Waals surface area contributed by atoms with Crippen molar-refractivity contribution in [2.75, 3.05) is 7.11 Å². The van der Waals surface area contributed by atoms with Crippen LogP contribution in [0.1, 0.15) is 20.8 Å². The predicted molar refractivity (Wildman–Crippen MR) is 95.0 cm³/mol. The van der Waals surface area contributed by atoms with Crippen molar-refractivity contribution in [1.29, 1.82) is 5.41 Å². The molecule has 0 unspecified atom stereocenters. The van der Waals surface area contributed by atoms with E-state index in [9.17, 15) is 4.79 Å². The highest BCUT2D eigenvalue weighted by molar-refractivity contribution is 7.20. The molecule has 0 aliphatic heterocycles. The van der Waals surface area contributed by atoms with Gasteiger partial charge in [0, 0.05) is 10.1 Å². The Balaban J connectivity index is 1.83. The van der Waals surface area contributed by atoms with Crippen LogP contribution in [0.25, 0.3) is 10.1 Å². The maximum Gasteiger partial charge on any atom is 0.337 e. The smallest absolute Gasteiger partial charge is 0.337 e. The van der Waals surface area contributed by atoms with Crippen molar-refractivity contribution in [1.82, 2.24) is 0 Å². The van der Waals surface area contributed by atoms with Gasteiger partial charge in [-0.1, -0.05) is 18.2 Å². The van der Waals surface area contributed by atoms with Crippen molar-refractivity contribution in [2.45, 2.75) is 6.61 Å². The van der Waals surface area contributed by atoms with Gasteiger partial charge in [-0.05, 0) is 35.9 Å². The highest BCUT2D eigenvalue weighted by Crippen LogP contribution is 2.33. The first-order valence-corrected chi connectivity index (χ1v) is 8.07. The Hall–Kier alpha value is -2.86. The van der Waals surface area contributed by atoms with E-state index in [2.05, 4.69) is 0 Å². The number of hydrogen-bond acceptors (Lipinski definition) is 5. The molecule has 122 valence electrons. The maximum absolute atomic E-state index is 11.6.